The van der Waals surface area contributed by atoms with Gasteiger partial charge in [-0.3, -0.25) is 5.84 Å². The van der Waals surface area contributed by atoms with Gasteiger partial charge in [0.15, 0.2) is 0 Å². The van der Waals surface area contributed by atoms with Gasteiger partial charge in [0.25, 0.3) is 0 Å². The third-order valence-electron chi connectivity index (χ3n) is 4.91. The number of anilines is 1. The van der Waals surface area contributed by atoms with E-state index in [4.69, 9.17) is 5.84 Å². The summed E-state index contributed by atoms with van der Waals surface area (Å²) in [7, 11) is 0. The van der Waals surface area contributed by atoms with Crippen LogP contribution in [0.25, 0.3) is 5.70 Å². The predicted octanol–water partition coefficient (Wildman–Crippen LogP) is 4.26. The standard InChI is InChI=1S/C22H30N4S/c1-19(24-23)21-12-10-20(11-13-21)18-26(22-8-3-2-4-9-22)27-17-7-16-25-14-5-6-15-25/h2-4,8-13,24H,1,5-7,14-18,23H2. The van der Waals surface area contributed by atoms with Crippen LogP contribution >= 0.6 is 11.9 Å². The molecule has 0 spiro atoms. The van der Waals surface area contributed by atoms with Crippen molar-refractivity contribution in [2.75, 3.05) is 29.7 Å². The van der Waals surface area contributed by atoms with E-state index in [1.54, 1.807) is 0 Å². The summed E-state index contributed by atoms with van der Waals surface area (Å²) in [6.07, 6.45) is 3.96. The fourth-order valence-corrected chi connectivity index (χ4v) is 4.33. The quantitative estimate of drug-likeness (QED) is 0.278. The van der Waals surface area contributed by atoms with Gasteiger partial charge in [0.05, 0.1) is 6.54 Å². The Bertz CT molecular complexity index is 696. The molecule has 1 aliphatic rings. The minimum absolute atomic E-state index is 0.734. The molecule has 0 bridgehead atoms. The number of rotatable bonds is 10. The van der Waals surface area contributed by atoms with Gasteiger partial charge >= 0.3 is 0 Å². The summed E-state index contributed by atoms with van der Waals surface area (Å²) in [6.45, 7) is 8.57. The largest absolute Gasteiger partial charge is 0.324 e. The summed E-state index contributed by atoms with van der Waals surface area (Å²) in [6, 6.07) is 19.1. The highest BCUT2D eigenvalue weighted by molar-refractivity contribution is 8.00. The first kappa shape index (κ1) is 19.8. The van der Waals surface area contributed by atoms with E-state index in [-0.39, 0.29) is 0 Å². The first-order valence-corrected chi connectivity index (χ1v) is 10.6. The molecule has 3 rings (SSSR count). The first-order valence-electron chi connectivity index (χ1n) is 9.69. The third kappa shape index (κ3) is 6.03. The van der Waals surface area contributed by atoms with Crippen molar-refractivity contribution in [3.05, 3.63) is 72.3 Å². The smallest absolute Gasteiger partial charge is 0.0546 e. The molecule has 2 aromatic carbocycles. The molecule has 2 aromatic rings. The minimum Gasteiger partial charge on any atom is -0.324 e. The Morgan fingerprint density at radius 1 is 1.07 bits per heavy atom. The Morgan fingerprint density at radius 2 is 1.78 bits per heavy atom. The van der Waals surface area contributed by atoms with E-state index >= 15 is 0 Å². The van der Waals surface area contributed by atoms with Crippen LogP contribution in [0.2, 0.25) is 0 Å². The molecule has 4 nitrogen and oxygen atoms in total. The number of hydrogen-bond donors (Lipinski definition) is 2. The highest BCUT2D eigenvalue weighted by Crippen LogP contribution is 2.26. The molecule has 0 amide bonds. The lowest BCUT2D eigenvalue weighted by Gasteiger charge is -2.24. The van der Waals surface area contributed by atoms with E-state index < -0.39 is 0 Å². The number of nitrogens with two attached hydrogens (primary N) is 1. The topological polar surface area (TPSA) is 44.5 Å². The number of hydrogen-bond acceptors (Lipinski definition) is 5. The van der Waals surface area contributed by atoms with E-state index in [1.165, 1.54) is 50.1 Å². The van der Waals surface area contributed by atoms with E-state index in [0.717, 1.165) is 23.6 Å². The average Bonchev–Trinajstić information content (AvgIpc) is 3.24. The molecule has 0 aliphatic carbocycles. The molecule has 0 unspecified atom stereocenters. The summed E-state index contributed by atoms with van der Waals surface area (Å²) < 4.78 is 2.40. The average molecular weight is 383 g/mol. The molecule has 0 saturated carbocycles. The molecule has 1 heterocycles. The maximum absolute atomic E-state index is 5.45. The zero-order chi connectivity index (χ0) is 18.9. The third-order valence-corrected chi connectivity index (χ3v) is 6.03. The summed E-state index contributed by atoms with van der Waals surface area (Å²) in [5.74, 6) is 6.58. The molecule has 0 aromatic heterocycles. The number of hydrazine groups is 1. The molecule has 1 fully saturated rings. The Hall–Kier alpha value is -1.95. The van der Waals surface area contributed by atoms with Gasteiger partial charge in [0, 0.05) is 17.1 Å². The number of nitrogens with one attached hydrogen (secondary N) is 1. The van der Waals surface area contributed by atoms with Crippen molar-refractivity contribution < 1.29 is 0 Å². The molecule has 0 atom stereocenters. The Morgan fingerprint density at radius 3 is 2.44 bits per heavy atom. The van der Waals surface area contributed by atoms with Gasteiger partial charge in [-0.05, 0) is 74.1 Å². The summed E-state index contributed by atoms with van der Waals surface area (Å²) in [5.41, 5.74) is 6.89. The fraction of sp³-hybridized carbons (Fsp3) is 0.364. The second kappa shape index (κ2) is 10.4. The first-order chi connectivity index (χ1) is 13.3. The van der Waals surface area contributed by atoms with Gasteiger partial charge in [-0.25, -0.2) is 0 Å². The lowest BCUT2D eigenvalue weighted by molar-refractivity contribution is 0.341. The van der Waals surface area contributed by atoms with Crippen LogP contribution in [0.5, 0.6) is 0 Å². The predicted molar refractivity (Wildman–Crippen MR) is 118 cm³/mol. The summed E-state index contributed by atoms with van der Waals surface area (Å²) >= 11 is 1.92. The van der Waals surface area contributed by atoms with Crippen molar-refractivity contribution in [3.63, 3.8) is 0 Å². The van der Waals surface area contributed by atoms with E-state index in [0.29, 0.717) is 0 Å². The lowest BCUT2D eigenvalue weighted by Crippen LogP contribution is -2.22. The molecular formula is C22H30N4S. The van der Waals surface area contributed by atoms with Gasteiger partial charge in [0.2, 0.25) is 0 Å². The molecule has 5 heteroatoms. The molecule has 0 radical (unpaired) electrons. The van der Waals surface area contributed by atoms with Crippen molar-refractivity contribution >= 4 is 23.3 Å². The van der Waals surface area contributed by atoms with Crippen LogP contribution in [0, 0.1) is 0 Å². The monoisotopic (exact) mass is 382 g/mol. The van der Waals surface area contributed by atoms with Crippen molar-refractivity contribution in [3.8, 4) is 0 Å². The van der Waals surface area contributed by atoms with Gasteiger partial charge in [0.1, 0.15) is 0 Å². The van der Waals surface area contributed by atoms with Crippen LogP contribution in [0.1, 0.15) is 30.4 Å². The van der Waals surface area contributed by atoms with Crippen LogP contribution in [0.3, 0.4) is 0 Å². The molecule has 1 aliphatic heterocycles. The van der Waals surface area contributed by atoms with Gasteiger partial charge in [-0.15, -0.1) is 0 Å². The van der Waals surface area contributed by atoms with Gasteiger partial charge in [-0.2, -0.15) is 0 Å². The molecular weight excluding hydrogens is 352 g/mol. The van der Waals surface area contributed by atoms with Crippen molar-refractivity contribution in [1.29, 1.82) is 0 Å². The van der Waals surface area contributed by atoms with Crippen LogP contribution in [0.4, 0.5) is 5.69 Å². The Kier molecular flexibility index (Phi) is 7.63. The van der Waals surface area contributed by atoms with E-state index in [9.17, 15) is 0 Å². The highest BCUT2D eigenvalue weighted by Gasteiger charge is 2.12. The second-order valence-corrected chi connectivity index (χ2v) is 8.03. The van der Waals surface area contributed by atoms with Crippen molar-refractivity contribution in [2.24, 2.45) is 5.84 Å². The summed E-state index contributed by atoms with van der Waals surface area (Å²) in [5, 5.41) is 0. The summed E-state index contributed by atoms with van der Waals surface area (Å²) in [4.78, 5) is 2.59. The second-order valence-electron chi connectivity index (χ2n) is 6.93. The Labute approximate surface area is 167 Å². The number of para-hydroxylation sites is 1. The van der Waals surface area contributed by atoms with Crippen LogP contribution < -0.4 is 15.6 Å². The normalized spacial score (nSPS) is 14.3. The number of likely N-dealkylation sites (tertiary alicyclic amines) is 1. The van der Waals surface area contributed by atoms with E-state index in [2.05, 4.69) is 75.8 Å². The molecule has 27 heavy (non-hydrogen) atoms. The van der Waals surface area contributed by atoms with Crippen molar-refractivity contribution in [2.45, 2.75) is 25.8 Å². The van der Waals surface area contributed by atoms with Crippen LogP contribution in [-0.4, -0.2) is 30.3 Å². The lowest BCUT2D eigenvalue weighted by atomic mass is 10.1. The molecule has 3 N–H and O–H groups in total. The highest BCUT2D eigenvalue weighted by atomic mass is 32.2. The SMILES string of the molecule is C=C(NN)c1ccc(CN(SCCCN2CCCC2)c2ccccc2)cc1. The Balaban J connectivity index is 1.58. The number of nitrogens with zero attached hydrogens (tertiary/aromatic N) is 2. The molecule has 144 valence electrons. The van der Waals surface area contributed by atoms with Gasteiger partial charge in [-0.1, -0.05) is 49.0 Å². The van der Waals surface area contributed by atoms with Crippen LogP contribution in [-0.2, 0) is 6.54 Å². The van der Waals surface area contributed by atoms with Crippen LogP contribution in [0.15, 0.2) is 61.2 Å². The minimum atomic E-state index is 0.734. The maximum atomic E-state index is 5.45. The molecule has 1 saturated heterocycles. The van der Waals surface area contributed by atoms with Gasteiger partial charge < -0.3 is 14.6 Å². The maximum Gasteiger partial charge on any atom is 0.0546 e. The van der Waals surface area contributed by atoms with E-state index in [1.807, 2.05) is 11.9 Å². The number of benzene rings is 2. The van der Waals surface area contributed by atoms with Crippen molar-refractivity contribution in [1.82, 2.24) is 10.3 Å². The fourth-order valence-electron chi connectivity index (χ4n) is 3.34. The zero-order valence-corrected chi connectivity index (χ0v) is 16.8. The zero-order valence-electron chi connectivity index (χ0n) is 15.9.